The van der Waals surface area contributed by atoms with E-state index in [9.17, 15) is 0 Å². The predicted octanol–water partition coefficient (Wildman–Crippen LogP) is 2.33. The summed E-state index contributed by atoms with van der Waals surface area (Å²) in [5.41, 5.74) is 10.2. The molecule has 2 N–H and O–H groups in total. The second kappa shape index (κ2) is 6.70. The van der Waals surface area contributed by atoms with Crippen molar-refractivity contribution < 1.29 is 0 Å². The zero-order valence-corrected chi connectivity index (χ0v) is 13.4. The van der Waals surface area contributed by atoms with Crippen LogP contribution in [0.1, 0.15) is 35.6 Å². The SMILES string of the molecule is Cc1ccc(C)c(C(CN)N2CCC(N(C)C)CC2)c1. The monoisotopic (exact) mass is 275 g/mol. The first-order valence-corrected chi connectivity index (χ1v) is 7.70. The van der Waals surface area contributed by atoms with E-state index >= 15 is 0 Å². The van der Waals surface area contributed by atoms with E-state index in [1.165, 1.54) is 29.5 Å². The molecule has 0 saturated carbocycles. The summed E-state index contributed by atoms with van der Waals surface area (Å²) in [6, 6.07) is 7.82. The van der Waals surface area contributed by atoms with Crippen molar-refractivity contribution in [1.29, 1.82) is 0 Å². The maximum atomic E-state index is 6.10. The predicted molar refractivity (Wildman–Crippen MR) is 86.0 cm³/mol. The molecule has 1 aromatic carbocycles. The standard InChI is InChI=1S/C17H29N3/c1-13-5-6-14(2)16(11-13)17(12-18)20-9-7-15(8-10-20)19(3)4/h5-6,11,15,17H,7-10,12,18H2,1-4H3. The van der Waals surface area contributed by atoms with Gasteiger partial charge in [0.05, 0.1) is 0 Å². The van der Waals surface area contributed by atoms with Crippen molar-refractivity contribution in [3.05, 3.63) is 34.9 Å². The van der Waals surface area contributed by atoms with Crippen LogP contribution in [0, 0.1) is 13.8 Å². The second-order valence-corrected chi connectivity index (χ2v) is 6.34. The molecule has 1 unspecified atom stereocenters. The van der Waals surface area contributed by atoms with Crippen LogP contribution in [0.25, 0.3) is 0 Å². The topological polar surface area (TPSA) is 32.5 Å². The quantitative estimate of drug-likeness (QED) is 0.915. The summed E-state index contributed by atoms with van der Waals surface area (Å²) in [4.78, 5) is 4.93. The van der Waals surface area contributed by atoms with E-state index in [4.69, 9.17) is 5.73 Å². The minimum Gasteiger partial charge on any atom is -0.329 e. The minimum absolute atomic E-state index is 0.373. The first kappa shape index (κ1) is 15.5. The first-order chi connectivity index (χ1) is 9.52. The van der Waals surface area contributed by atoms with Crippen LogP contribution in [-0.2, 0) is 0 Å². The smallest absolute Gasteiger partial charge is 0.0473 e. The molecule has 1 aromatic rings. The number of rotatable bonds is 4. The molecule has 0 spiro atoms. The molecule has 1 aliphatic heterocycles. The van der Waals surface area contributed by atoms with E-state index in [0.29, 0.717) is 12.6 Å². The van der Waals surface area contributed by atoms with Crippen LogP contribution in [0.3, 0.4) is 0 Å². The summed E-state index contributed by atoms with van der Waals surface area (Å²) in [5, 5.41) is 0. The van der Waals surface area contributed by atoms with Gasteiger partial charge >= 0.3 is 0 Å². The highest BCUT2D eigenvalue weighted by Gasteiger charge is 2.26. The Kier molecular flexibility index (Phi) is 5.19. The molecule has 20 heavy (non-hydrogen) atoms. The van der Waals surface area contributed by atoms with E-state index in [0.717, 1.165) is 19.1 Å². The van der Waals surface area contributed by atoms with Crippen LogP contribution in [0.4, 0.5) is 0 Å². The van der Waals surface area contributed by atoms with E-state index in [1.54, 1.807) is 0 Å². The van der Waals surface area contributed by atoms with E-state index in [-0.39, 0.29) is 0 Å². The summed E-state index contributed by atoms with van der Waals surface area (Å²) < 4.78 is 0. The number of piperidine rings is 1. The zero-order valence-electron chi connectivity index (χ0n) is 13.4. The van der Waals surface area contributed by atoms with Crippen LogP contribution < -0.4 is 5.73 Å². The summed E-state index contributed by atoms with van der Waals surface area (Å²) in [7, 11) is 4.37. The molecule has 0 aromatic heterocycles. The Morgan fingerprint density at radius 2 is 1.90 bits per heavy atom. The number of likely N-dealkylation sites (tertiary alicyclic amines) is 1. The number of nitrogens with zero attached hydrogens (tertiary/aromatic N) is 2. The van der Waals surface area contributed by atoms with Gasteiger partial charge in [0.15, 0.2) is 0 Å². The van der Waals surface area contributed by atoms with Crippen LogP contribution in [0.5, 0.6) is 0 Å². The highest BCUT2D eigenvalue weighted by atomic mass is 15.2. The zero-order chi connectivity index (χ0) is 14.7. The van der Waals surface area contributed by atoms with E-state index in [1.807, 2.05) is 0 Å². The lowest BCUT2D eigenvalue weighted by Gasteiger charge is -2.39. The summed E-state index contributed by atoms with van der Waals surface area (Å²) in [6.07, 6.45) is 2.49. The Balaban J connectivity index is 2.11. The van der Waals surface area contributed by atoms with Crippen molar-refractivity contribution >= 4 is 0 Å². The summed E-state index contributed by atoms with van der Waals surface area (Å²) in [6.45, 7) is 7.37. The maximum Gasteiger partial charge on any atom is 0.0473 e. The van der Waals surface area contributed by atoms with Crippen molar-refractivity contribution in [2.24, 2.45) is 5.73 Å². The number of nitrogens with two attached hydrogens (primary N) is 1. The van der Waals surface area contributed by atoms with Gasteiger partial charge in [-0.1, -0.05) is 23.8 Å². The third-order valence-electron chi connectivity index (χ3n) is 4.69. The third kappa shape index (κ3) is 3.40. The molecule has 3 nitrogen and oxygen atoms in total. The number of benzene rings is 1. The highest BCUT2D eigenvalue weighted by molar-refractivity contribution is 5.33. The molecular weight excluding hydrogens is 246 g/mol. The normalized spacial score (nSPS) is 19.5. The molecule has 0 amide bonds. The van der Waals surface area contributed by atoms with Gasteiger partial charge in [-0.15, -0.1) is 0 Å². The summed E-state index contributed by atoms with van der Waals surface area (Å²) >= 11 is 0. The van der Waals surface area contributed by atoms with E-state index in [2.05, 4.69) is 55.9 Å². The lowest BCUT2D eigenvalue weighted by molar-refractivity contribution is 0.110. The number of hydrogen-bond donors (Lipinski definition) is 1. The minimum atomic E-state index is 0.373. The van der Waals surface area contributed by atoms with Gasteiger partial charge in [-0.3, -0.25) is 4.90 Å². The van der Waals surface area contributed by atoms with Gasteiger partial charge in [-0.2, -0.15) is 0 Å². The fraction of sp³-hybridized carbons (Fsp3) is 0.647. The Morgan fingerprint density at radius 1 is 1.25 bits per heavy atom. The largest absolute Gasteiger partial charge is 0.329 e. The van der Waals surface area contributed by atoms with E-state index < -0.39 is 0 Å². The first-order valence-electron chi connectivity index (χ1n) is 7.70. The average molecular weight is 275 g/mol. The van der Waals surface area contributed by atoms with Gasteiger partial charge in [0, 0.05) is 31.7 Å². The van der Waals surface area contributed by atoms with Crippen molar-refractivity contribution in [1.82, 2.24) is 9.80 Å². The van der Waals surface area contributed by atoms with Gasteiger partial charge in [0.2, 0.25) is 0 Å². The van der Waals surface area contributed by atoms with Gasteiger partial charge in [0.25, 0.3) is 0 Å². The number of hydrogen-bond acceptors (Lipinski definition) is 3. The molecule has 1 heterocycles. The van der Waals surface area contributed by atoms with Crippen molar-refractivity contribution in [3.63, 3.8) is 0 Å². The highest BCUT2D eigenvalue weighted by Crippen LogP contribution is 2.27. The lowest BCUT2D eigenvalue weighted by Crippen LogP contribution is -2.45. The molecule has 3 heteroatoms. The molecule has 1 aliphatic rings. The molecule has 0 bridgehead atoms. The van der Waals surface area contributed by atoms with Crippen molar-refractivity contribution in [3.8, 4) is 0 Å². The van der Waals surface area contributed by atoms with Crippen molar-refractivity contribution in [2.45, 2.75) is 38.8 Å². The van der Waals surface area contributed by atoms with Crippen LogP contribution >= 0.6 is 0 Å². The Morgan fingerprint density at radius 3 is 2.45 bits per heavy atom. The maximum absolute atomic E-state index is 6.10. The average Bonchev–Trinajstić information content (AvgIpc) is 2.44. The molecule has 112 valence electrons. The fourth-order valence-corrected chi connectivity index (χ4v) is 3.31. The second-order valence-electron chi connectivity index (χ2n) is 6.34. The van der Waals surface area contributed by atoms with Gasteiger partial charge in [-0.05, 0) is 51.9 Å². The Hall–Kier alpha value is -0.900. The van der Waals surface area contributed by atoms with Crippen molar-refractivity contribution in [2.75, 3.05) is 33.7 Å². The molecule has 1 saturated heterocycles. The number of aryl methyl sites for hydroxylation is 2. The third-order valence-corrected chi connectivity index (χ3v) is 4.69. The fourth-order valence-electron chi connectivity index (χ4n) is 3.31. The molecule has 1 fully saturated rings. The van der Waals surface area contributed by atoms with Gasteiger partial charge in [0.1, 0.15) is 0 Å². The lowest BCUT2D eigenvalue weighted by atomic mass is 9.95. The van der Waals surface area contributed by atoms with Gasteiger partial charge in [-0.25, -0.2) is 0 Å². The summed E-state index contributed by atoms with van der Waals surface area (Å²) in [5.74, 6) is 0. The van der Waals surface area contributed by atoms with Crippen LogP contribution in [0.2, 0.25) is 0 Å². The molecule has 0 radical (unpaired) electrons. The Labute approximate surface area is 123 Å². The van der Waals surface area contributed by atoms with Gasteiger partial charge < -0.3 is 10.6 Å². The molecule has 1 atom stereocenters. The molecule has 0 aliphatic carbocycles. The Bertz CT molecular complexity index is 434. The molecule has 2 rings (SSSR count). The van der Waals surface area contributed by atoms with Crippen LogP contribution in [-0.4, -0.2) is 49.6 Å². The molecular formula is C17H29N3. The van der Waals surface area contributed by atoms with Crippen LogP contribution in [0.15, 0.2) is 18.2 Å².